The predicted molar refractivity (Wildman–Crippen MR) is 50.6 cm³/mol. The van der Waals surface area contributed by atoms with Crippen molar-refractivity contribution >= 4 is 0 Å². The smallest absolute Gasteiger partial charge is 0.107 e. The number of hydrogen-bond donors (Lipinski definition) is 1. The van der Waals surface area contributed by atoms with Gasteiger partial charge in [-0.3, -0.25) is 5.10 Å². The molecule has 3 nitrogen and oxygen atoms in total. The van der Waals surface area contributed by atoms with Crippen LogP contribution in [0.3, 0.4) is 0 Å². The van der Waals surface area contributed by atoms with E-state index in [0.717, 1.165) is 0 Å². The van der Waals surface area contributed by atoms with Crippen LogP contribution in [0.25, 0.3) is 0 Å². The fraction of sp³-hybridized carbons (Fsp3) is 0.444. The highest BCUT2D eigenvalue weighted by Gasteiger charge is 1.57. The Bertz CT molecular complexity index is 148. The summed E-state index contributed by atoms with van der Waals surface area (Å²) < 4.78 is 4.45. The molecule has 0 saturated heterocycles. The lowest BCUT2D eigenvalue weighted by Crippen LogP contribution is -1.77. The fourth-order valence-electron chi connectivity index (χ4n) is 0.298. The second kappa shape index (κ2) is 16.4. The Balaban J connectivity index is 0. The molecule has 1 heterocycles. The lowest BCUT2D eigenvalue weighted by molar-refractivity contribution is 0.240. The lowest BCUT2D eigenvalue weighted by atomic mass is 10.8. The number of methoxy groups -OCH3 is 1. The number of H-pyrrole nitrogens is 1. The second-order valence-electron chi connectivity index (χ2n) is 1.40. The van der Waals surface area contributed by atoms with Crippen molar-refractivity contribution in [2.75, 3.05) is 13.7 Å². The quantitative estimate of drug-likeness (QED) is 0.648. The number of aromatic nitrogens is 2. The molecule has 0 unspecified atom stereocenters. The number of ether oxygens (including phenoxy) is 1. The summed E-state index contributed by atoms with van der Waals surface area (Å²) in [7, 11) is 1.57. The van der Waals surface area contributed by atoms with E-state index in [2.05, 4.69) is 20.9 Å². The Morgan fingerprint density at radius 3 is 2.33 bits per heavy atom. The molecule has 0 amide bonds. The van der Waals surface area contributed by atoms with E-state index in [1.54, 1.807) is 19.5 Å². The van der Waals surface area contributed by atoms with Crippen LogP contribution in [0.5, 0.6) is 0 Å². The number of aromatic amines is 1. The van der Waals surface area contributed by atoms with Gasteiger partial charge in [0.05, 0.1) is 0 Å². The molecule has 1 N–H and O–H groups in total. The molecule has 1 rings (SSSR count). The summed E-state index contributed by atoms with van der Waals surface area (Å²) in [6, 6.07) is 1.83. The van der Waals surface area contributed by atoms with Crippen LogP contribution in [-0.4, -0.2) is 23.9 Å². The molecule has 12 heavy (non-hydrogen) atoms. The topological polar surface area (TPSA) is 37.9 Å². The first-order valence-electron chi connectivity index (χ1n) is 3.78. The van der Waals surface area contributed by atoms with Crippen LogP contribution in [0, 0.1) is 12.3 Å². The SMILES string of the molecule is C#CCOC.CC.c1cn[nH]c1. The highest BCUT2D eigenvalue weighted by atomic mass is 16.5. The minimum absolute atomic E-state index is 0.417. The molecule has 0 bridgehead atoms. The predicted octanol–water partition coefficient (Wildman–Crippen LogP) is 1.70. The molecule has 1 aromatic rings. The van der Waals surface area contributed by atoms with Crippen LogP contribution < -0.4 is 0 Å². The van der Waals surface area contributed by atoms with Crippen molar-refractivity contribution < 1.29 is 4.74 Å². The number of nitrogens with one attached hydrogen (secondary N) is 1. The van der Waals surface area contributed by atoms with Crippen molar-refractivity contribution in [2.45, 2.75) is 13.8 Å². The highest BCUT2D eigenvalue weighted by molar-refractivity contribution is 4.82. The molecule has 0 aliphatic heterocycles. The van der Waals surface area contributed by atoms with Gasteiger partial charge in [-0.15, -0.1) is 6.42 Å². The minimum Gasteiger partial charge on any atom is -0.372 e. The van der Waals surface area contributed by atoms with Crippen molar-refractivity contribution in [2.24, 2.45) is 0 Å². The molecule has 0 atom stereocenters. The van der Waals surface area contributed by atoms with Gasteiger partial charge in [-0.05, 0) is 6.07 Å². The summed E-state index contributed by atoms with van der Waals surface area (Å²) in [5.74, 6) is 2.30. The largest absolute Gasteiger partial charge is 0.372 e. The maximum absolute atomic E-state index is 4.76. The van der Waals surface area contributed by atoms with Crippen LogP contribution in [-0.2, 0) is 4.74 Å². The maximum Gasteiger partial charge on any atom is 0.107 e. The second-order valence-corrected chi connectivity index (χ2v) is 1.40. The van der Waals surface area contributed by atoms with Crippen LogP contribution in [0.4, 0.5) is 0 Å². The Kier molecular flexibility index (Phi) is 18.2. The third-order valence-corrected chi connectivity index (χ3v) is 0.634. The van der Waals surface area contributed by atoms with E-state index in [9.17, 15) is 0 Å². The van der Waals surface area contributed by atoms with E-state index in [4.69, 9.17) is 6.42 Å². The standard InChI is InChI=1S/C4H6O.C3H4N2.C2H6/c1-3-4-5-2;1-2-4-5-3-1;1-2/h1H,4H2,2H3;1-3H,(H,4,5);1-2H3. The van der Waals surface area contributed by atoms with Crippen LogP contribution in [0.2, 0.25) is 0 Å². The van der Waals surface area contributed by atoms with E-state index < -0.39 is 0 Å². The first-order chi connectivity index (χ1) is 5.91. The van der Waals surface area contributed by atoms with Gasteiger partial charge >= 0.3 is 0 Å². The lowest BCUT2D eigenvalue weighted by Gasteiger charge is -1.76. The monoisotopic (exact) mass is 168 g/mol. The number of rotatable bonds is 1. The Morgan fingerprint density at radius 1 is 1.58 bits per heavy atom. The normalized spacial score (nSPS) is 6.50. The minimum atomic E-state index is 0.417. The van der Waals surface area contributed by atoms with E-state index in [1.165, 1.54) is 0 Å². The van der Waals surface area contributed by atoms with E-state index >= 15 is 0 Å². The third kappa shape index (κ3) is 15.9. The fourth-order valence-corrected chi connectivity index (χ4v) is 0.298. The van der Waals surface area contributed by atoms with Gasteiger partial charge in [-0.2, -0.15) is 5.10 Å². The number of hydrogen-bond acceptors (Lipinski definition) is 2. The molecule has 0 radical (unpaired) electrons. The van der Waals surface area contributed by atoms with Gasteiger partial charge in [0.1, 0.15) is 6.61 Å². The van der Waals surface area contributed by atoms with E-state index in [-0.39, 0.29) is 0 Å². The van der Waals surface area contributed by atoms with Crippen LogP contribution in [0.1, 0.15) is 13.8 Å². The number of nitrogens with zero attached hydrogens (tertiary/aromatic N) is 1. The van der Waals surface area contributed by atoms with E-state index in [1.807, 2.05) is 19.9 Å². The molecule has 1 aromatic heterocycles. The van der Waals surface area contributed by atoms with Crippen molar-refractivity contribution in [1.29, 1.82) is 0 Å². The van der Waals surface area contributed by atoms with Gasteiger partial charge in [0.15, 0.2) is 0 Å². The summed E-state index contributed by atoms with van der Waals surface area (Å²) in [4.78, 5) is 0. The zero-order valence-corrected chi connectivity index (χ0v) is 7.87. The summed E-state index contributed by atoms with van der Waals surface area (Å²) in [6.07, 6.45) is 8.22. The van der Waals surface area contributed by atoms with Gasteiger partial charge in [0.2, 0.25) is 0 Å². The third-order valence-electron chi connectivity index (χ3n) is 0.634. The van der Waals surface area contributed by atoms with Gasteiger partial charge < -0.3 is 4.74 Å². The van der Waals surface area contributed by atoms with Gasteiger partial charge in [-0.1, -0.05) is 19.8 Å². The van der Waals surface area contributed by atoms with Crippen molar-refractivity contribution in [3.8, 4) is 12.3 Å². The molecule has 3 heteroatoms. The molecule has 0 saturated carbocycles. The molecular formula is C9H16N2O. The molecule has 0 aromatic carbocycles. The summed E-state index contributed by atoms with van der Waals surface area (Å²) in [6.45, 7) is 4.42. The Labute approximate surface area is 74.1 Å². The van der Waals surface area contributed by atoms with Crippen LogP contribution in [0.15, 0.2) is 18.5 Å². The summed E-state index contributed by atoms with van der Waals surface area (Å²) >= 11 is 0. The van der Waals surface area contributed by atoms with Crippen molar-refractivity contribution in [3.63, 3.8) is 0 Å². The highest BCUT2D eigenvalue weighted by Crippen LogP contribution is 1.64. The zero-order chi connectivity index (χ0) is 9.66. The van der Waals surface area contributed by atoms with Gasteiger partial charge in [0.25, 0.3) is 0 Å². The molecule has 0 fully saturated rings. The van der Waals surface area contributed by atoms with E-state index in [0.29, 0.717) is 6.61 Å². The Morgan fingerprint density at radius 2 is 2.25 bits per heavy atom. The first kappa shape index (κ1) is 13.3. The van der Waals surface area contributed by atoms with Gasteiger partial charge in [-0.25, -0.2) is 0 Å². The molecule has 0 aliphatic carbocycles. The maximum atomic E-state index is 4.76. The summed E-state index contributed by atoms with van der Waals surface area (Å²) in [5.41, 5.74) is 0. The Hall–Kier alpha value is -1.27. The first-order valence-corrected chi connectivity index (χ1v) is 3.78. The molecule has 0 aliphatic rings. The average molecular weight is 168 g/mol. The summed E-state index contributed by atoms with van der Waals surface area (Å²) in [5, 5.41) is 6.21. The number of terminal acetylenes is 1. The van der Waals surface area contributed by atoms with Gasteiger partial charge in [0, 0.05) is 19.5 Å². The average Bonchev–Trinajstić information content (AvgIpc) is 2.67. The van der Waals surface area contributed by atoms with Crippen molar-refractivity contribution in [3.05, 3.63) is 18.5 Å². The molecule has 68 valence electrons. The van der Waals surface area contributed by atoms with Crippen LogP contribution >= 0.6 is 0 Å². The zero-order valence-electron chi connectivity index (χ0n) is 7.87. The molecule has 0 spiro atoms. The molecular weight excluding hydrogens is 152 g/mol. The van der Waals surface area contributed by atoms with Crippen molar-refractivity contribution in [1.82, 2.24) is 10.2 Å².